The fraction of sp³-hybridized carbons (Fsp3) is 0.119. The minimum absolute atomic E-state index is 0.0509. The quantitative estimate of drug-likeness (QED) is 0.0546. The van der Waals surface area contributed by atoms with Gasteiger partial charge >= 0.3 is 5.97 Å². The van der Waals surface area contributed by atoms with E-state index in [2.05, 4.69) is 133 Å². The Kier molecular flexibility index (Phi) is 11.0. The molecule has 0 bridgehead atoms. The normalized spacial score (nSPS) is 11.2. The van der Waals surface area contributed by atoms with Crippen molar-refractivity contribution < 1.29 is 14.3 Å². The lowest BCUT2D eigenvalue weighted by Gasteiger charge is -2.26. The number of anilines is 3. The zero-order valence-electron chi connectivity index (χ0n) is 26.2. The van der Waals surface area contributed by atoms with Gasteiger partial charge in [0.25, 0.3) is 0 Å². The second-order valence-corrected chi connectivity index (χ2v) is 11.0. The van der Waals surface area contributed by atoms with E-state index in [1.54, 1.807) is 0 Å². The fourth-order valence-electron chi connectivity index (χ4n) is 5.23. The average Bonchev–Trinajstić information content (AvgIpc) is 3.10. The van der Waals surface area contributed by atoms with Crippen LogP contribution in [0.25, 0.3) is 11.6 Å². The lowest BCUT2D eigenvalue weighted by atomic mass is 9.95. The van der Waals surface area contributed by atoms with Crippen LogP contribution in [0.3, 0.4) is 0 Å². The van der Waals surface area contributed by atoms with Crippen LogP contribution in [0, 0.1) is 0 Å². The summed E-state index contributed by atoms with van der Waals surface area (Å²) in [6, 6.07) is 46.1. The van der Waals surface area contributed by atoms with Gasteiger partial charge in [0.05, 0.1) is 12.7 Å². The zero-order chi connectivity index (χ0) is 32.1. The number of carbonyl (C=O) groups excluding carboxylic acids is 1. The van der Waals surface area contributed by atoms with Crippen molar-refractivity contribution in [3.05, 3.63) is 181 Å². The first-order valence-corrected chi connectivity index (χ1v) is 15.5. The van der Waals surface area contributed by atoms with Crippen molar-refractivity contribution >= 4 is 34.7 Å². The van der Waals surface area contributed by atoms with Gasteiger partial charge < -0.3 is 14.4 Å². The molecular weight excluding hydrogens is 566 g/mol. The van der Waals surface area contributed by atoms with Crippen LogP contribution in [-0.4, -0.2) is 18.7 Å². The molecule has 0 aliphatic heterocycles. The Hall–Kier alpha value is -5.61. The molecule has 5 aromatic carbocycles. The van der Waals surface area contributed by atoms with E-state index in [9.17, 15) is 4.79 Å². The first kappa shape index (κ1) is 31.8. The molecule has 0 aromatic heterocycles. The van der Waals surface area contributed by atoms with E-state index < -0.39 is 5.97 Å². The summed E-state index contributed by atoms with van der Waals surface area (Å²) in [5, 5.41) is 0. The maximum atomic E-state index is 11.4. The van der Waals surface area contributed by atoms with Crippen LogP contribution >= 0.6 is 0 Å². The van der Waals surface area contributed by atoms with Crippen molar-refractivity contribution in [3.63, 3.8) is 0 Å². The number of hydrogen-bond acceptors (Lipinski definition) is 4. The molecule has 0 heterocycles. The summed E-state index contributed by atoms with van der Waals surface area (Å²) in [6.07, 6.45) is 6.75. The highest BCUT2D eigenvalue weighted by Gasteiger charge is 2.14. The summed E-state index contributed by atoms with van der Waals surface area (Å²) in [4.78, 5) is 13.7. The molecule has 0 saturated carbocycles. The SMILES string of the molecule is C=CCC(C)Oc1ccc(N(c2ccc(C=C(c3ccccc3)c3ccccc3)cc2)c2ccc(CCOC(=O)C=C)cc2)cc1. The minimum atomic E-state index is -0.410. The standard InChI is InChI=1S/C42H39NO3/c1-4-12-32(3)46-40-27-25-39(26-28-40)43(37-21-17-33(18-22-37)29-30-45-42(44)5-2)38-23-19-34(20-24-38)31-41(35-13-8-6-9-14-35)36-15-10-7-11-16-36/h4-11,13-28,31-32H,1-2,12,29-30H2,3H3. The van der Waals surface area contributed by atoms with Crippen LogP contribution < -0.4 is 9.64 Å². The van der Waals surface area contributed by atoms with Crippen molar-refractivity contribution in [1.82, 2.24) is 0 Å². The molecule has 0 fully saturated rings. The molecule has 5 aromatic rings. The molecular formula is C42H39NO3. The van der Waals surface area contributed by atoms with Crippen LogP contribution in [0.2, 0.25) is 0 Å². The van der Waals surface area contributed by atoms with Crippen LogP contribution in [-0.2, 0) is 16.0 Å². The highest BCUT2D eigenvalue weighted by atomic mass is 16.5. The molecule has 0 spiro atoms. The monoisotopic (exact) mass is 605 g/mol. The van der Waals surface area contributed by atoms with E-state index >= 15 is 0 Å². The predicted molar refractivity (Wildman–Crippen MR) is 191 cm³/mol. The van der Waals surface area contributed by atoms with E-state index in [1.165, 1.54) is 22.8 Å². The smallest absolute Gasteiger partial charge is 0.330 e. The van der Waals surface area contributed by atoms with Gasteiger partial charge in [-0.2, -0.15) is 0 Å². The van der Waals surface area contributed by atoms with Gasteiger partial charge in [-0.3, -0.25) is 0 Å². The van der Waals surface area contributed by atoms with E-state index in [0.29, 0.717) is 13.0 Å². The molecule has 46 heavy (non-hydrogen) atoms. The highest BCUT2D eigenvalue weighted by Crippen LogP contribution is 2.36. The van der Waals surface area contributed by atoms with Crippen molar-refractivity contribution in [2.24, 2.45) is 0 Å². The molecule has 1 unspecified atom stereocenters. The number of nitrogens with zero attached hydrogens (tertiary/aromatic N) is 1. The van der Waals surface area contributed by atoms with Gasteiger partial charge in [-0.15, -0.1) is 6.58 Å². The molecule has 0 saturated heterocycles. The van der Waals surface area contributed by atoms with Crippen LogP contribution in [0.1, 0.15) is 35.6 Å². The average molecular weight is 606 g/mol. The van der Waals surface area contributed by atoms with Crippen molar-refractivity contribution in [1.29, 1.82) is 0 Å². The molecule has 4 heteroatoms. The van der Waals surface area contributed by atoms with Crippen LogP contribution in [0.15, 0.2) is 159 Å². The van der Waals surface area contributed by atoms with Gasteiger partial charge in [0.2, 0.25) is 0 Å². The Morgan fingerprint density at radius 1 is 0.717 bits per heavy atom. The van der Waals surface area contributed by atoms with Crippen molar-refractivity contribution in [2.75, 3.05) is 11.5 Å². The summed E-state index contributed by atoms with van der Waals surface area (Å²) in [6.45, 7) is 9.62. The Morgan fingerprint density at radius 2 is 1.24 bits per heavy atom. The first-order chi connectivity index (χ1) is 22.5. The topological polar surface area (TPSA) is 38.8 Å². The summed E-state index contributed by atoms with van der Waals surface area (Å²) in [5.74, 6) is 0.407. The van der Waals surface area contributed by atoms with E-state index in [-0.39, 0.29) is 6.10 Å². The number of carbonyl (C=O) groups is 1. The molecule has 0 radical (unpaired) electrons. The summed E-state index contributed by atoms with van der Waals surface area (Å²) in [5.41, 5.74) is 8.74. The number of ether oxygens (including phenoxy) is 2. The summed E-state index contributed by atoms with van der Waals surface area (Å²) >= 11 is 0. The molecule has 0 N–H and O–H groups in total. The maximum Gasteiger partial charge on any atom is 0.330 e. The van der Waals surface area contributed by atoms with Crippen LogP contribution in [0.4, 0.5) is 17.1 Å². The van der Waals surface area contributed by atoms with Gasteiger partial charge in [0, 0.05) is 36.0 Å². The van der Waals surface area contributed by atoms with Gasteiger partial charge in [-0.1, -0.05) is 97.6 Å². The molecule has 1 atom stereocenters. The van der Waals surface area contributed by atoms with E-state index in [4.69, 9.17) is 9.47 Å². The van der Waals surface area contributed by atoms with Gasteiger partial charge in [0.15, 0.2) is 0 Å². The Balaban J connectivity index is 1.46. The lowest BCUT2D eigenvalue weighted by molar-refractivity contribution is -0.137. The summed E-state index contributed by atoms with van der Waals surface area (Å²) < 4.78 is 11.2. The number of benzene rings is 5. The minimum Gasteiger partial charge on any atom is -0.490 e. The molecule has 0 aliphatic carbocycles. The van der Waals surface area contributed by atoms with E-state index in [1.807, 2.05) is 37.3 Å². The number of esters is 1. The molecule has 5 rings (SSSR count). The third-order valence-corrected chi connectivity index (χ3v) is 7.56. The fourth-order valence-corrected chi connectivity index (χ4v) is 5.23. The lowest BCUT2D eigenvalue weighted by Crippen LogP contribution is -2.12. The van der Waals surface area contributed by atoms with Crippen LogP contribution in [0.5, 0.6) is 5.75 Å². The number of rotatable bonds is 14. The largest absolute Gasteiger partial charge is 0.490 e. The second-order valence-electron chi connectivity index (χ2n) is 11.0. The number of hydrogen-bond donors (Lipinski definition) is 0. The third-order valence-electron chi connectivity index (χ3n) is 7.56. The maximum absolute atomic E-state index is 11.4. The highest BCUT2D eigenvalue weighted by molar-refractivity contribution is 5.91. The first-order valence-electron chi connectivity index (χ1n) is 15.5. The Morgan fingerprint density at radius 3 is 1.76 bits per heavy atom. The predicted octanol–water partition coefficient (Wildman–Crippen LogP) is 10.4. The van der Waals surface area contributed by atoms with Gasteiger partial charge in [0.1, 0.15) is 5.75 Å². The van der Waals surface area contributed by atoms with E-state index in [0.717, 1.165) is 40.4 Å². The van der Waals surface area contributed by atoms with Crippen molar-refractivity contribution in [3.8, 4) is 5.75 Å². The molecule has 0 amide bonds. The zero-order valence-corrected chi connectivity index (χ0v) is 26.2. The van der Waals surface area contributed by atoms with Gasteiger partial charge in [-0.25, -0.2) is 4.79 Å². The Bertz CT molecular complexity index is 1700. The molecule has 0 aliphatic rings. The van der Waals surface area contributed by atoms with Crippen molar-refractivity contribution in [2.45, 2.75) is 25.9 Å². The third kappa shape index (κ3) is 8.52. The van der Waals surface area contributed by atoms with Gasteiger partial charge in [-0.05, 0) is 89.4 Å². The molecule has 4 nitrogen and oxygen atoms in total. The molecule has 230 valence electrons. The summed E-state index contributed by atoms with van der Waals surface area (Å²) in [7, 11) is 0. The second kappa shape index (κ2) is 15.9. The Labute approximate surface area is 272 Å².